The Labute approximate surface area is 153 Å². The van der Waals surface area contributed by atoms with E-state index in [-0.39, 0.29) is 23.9 Å². The minimum atomic E-state index is -0.112. The third-order valence-electron chi connectivity index (χ3n) is 5.86. The van der Waals surface area contributed by atoms with E-state index < -0.39 is 0 Å². The van der Waals surface area contributed by atoms with Gasteiger partial charge in [-0.3, -0.25) is 4.79 Å². The van der Waals surface area contributed by atoms with Gasteiger partial charge in [-0.25, -0.2) is 4.79 Å². The van der Waals surface area contributed by atoms with Gasteiger partial charge in [-0.2, -0.15) is 0 Å². The van der Waals surface area contributed by atoms with Crippen LogP contribution in [0.3, 0.4) is 0 Å². The Balaban J connectivity index is 1.52. The fourth-order valence-electron chi connectivity index (χ4n) is 4.26. The molecule has 0 aliphatic carbocycles. The predicted molar refractivity (Wildman–Crippen MR) is 92.4 cm³/mol. The summed E-state index contributed by atoms with van der Waals surface area (Å²) in [6.07, 6.45) is 1.79. The number of aromatic nitrogens is 1. The normalized spacial score (nSPS) is 26.4. The molecule has 0 aromatic carbocycles. The molecular weight excluding hydrogens is 336 g/mol. The molecule has 142 valence electrons. The number of rotatable bonds is 2. The highest BCUT2D eigenvalue weighted by Gasteiger charge is 2.43. The molecule has 0 radical (unpaired) electrons. The van der Waals surface area contributed by atoms with Gasteiger partial charge < -0.3 is 24.0 Å². The first kappa shape index (κ1) is 17.3. The number of piperidine rings is 1. The molecule has 0 N–H and O–H groups in total. The van der Waals surface area contributed by atoms with Gasteiger partial charge in [0.2, 0.25) is 5.91 Å². The predicted octanol–water partition coefficient (Wildman–Crippen LogP) is 1.17. The summed E-state index contributed by atoms with van der Waals surface area (Å²) in [4.78, 5) is 31.6. The Kier molecular flexibility index (Phi) is 4.60. The summed E-state index contributed by atoms with van der Waals surface area (Å²) in [5.74, 6) is 0.800. The number of nitrogens with zero attached hydrogens (tertiary/aromatic N) is 4. The molecule has 0 unspecified atom stereocenters. The number of hydrogen-bond acceptors (Lipinski definition) is 5. The number of urea groups is 1. The maximum absolute atomic E-state index is 13.0. The summed E-state index contributed by atoms with van der Waals surface area (Å²) < 4.78 is 10.6. The molecule has 2 atom stereocenters. The molecule has 4 fully saturated rings. The Bertz CT molecular complexity index is 678. The van der Waals surface area contributed by atoms with E-state index in [0.29, 0.717) is 45.9 Å². The van der Waals surface area contributed by atoms with Crippen LogP contribution in [0.5, 0.6) is 0 Å². The van der Waals surface area contributed by atoms with Gasteiger partial charge in [0.25, 0.3) is 0 Å². The smallest absolute Gasteiger partial charge is 0.320 e. The van der Waals surface area contributed by atoms with Crippen molar-refractivity contribution in [3.8, 4) is 0 Å². The second-order valence-electron chi connectivity index (χ2n) is 7.48. The molecule has 5 rings (SSSR count). The zero-order valence-corrected chi connectivity index (χ0v) is 15.4. The van der Waals surface area contributed by atoms with Gasteiger partial charge in [0.1, 0.15) is 5.76 Å². The highest BCUT2D eigenvalue weighted by molar-refractivity contribution is 5.83. The highest BCUT2D eigenvalue weighted by Crippen LogP contribution is 2.31. The molecule has 26 heavy (non-hydrogen) atoms. The quantitative estimate of drug-likeness (QED) is 0.789. The summed E-state index contributed by atoms with van der Waals surface area (Å²) >= 11 is 0. The van der Waals surface area contributed by atoms with Crippen molar-refractivity contribution in [2.75, 3.05) is 39.4 Å². The Morgan fingerprint density at radius 1 is 1.15 bits per heavy atom. The minimum Gasteiger partial charge on any atom is -0.378 e. The first-order valence-electron chi connectivity index (χ1n) is 9.38. The van der Waals surface area contributed by atoms with Gasteiger partial charge in [-0.1, -0.05) is 5.16 Å². The number of morpholine rings is 1. The van der Waals surface area contributed by atoms with E-state index in [1.807, 2.05) is 28.5 Å². The van der Waals surface area contributed by atoms with Crippen LogP contribution >= 0.6 is 0 Å². The van der Waals surface area contributed by atoms with E-state index in [1.54, 1.807) is 0 Å². The van der Waals surface area contributed by atoms with Crippen LogP contribution in [0.4, 0.5) is 4.79 Å². The third-order valence-corrected chi connectivity index (χ3v) is 5.86. The molecule has 2 bridgehead atoms. The van der Waals surface area contributed by atoms with Crippen molar-refractivity contribution >= 4 is 11.9 Å². The zero-order chi connectivity index (χ0) is 18.3. The lowest BCUT2D eigenvalue weighted by molar-refractivity contribution is -0.140. The molecule has 3 amide bonds. The number of carbonyl (C=O) groups excluding carboxylic acids is 2. The second kappa shape index (κ2) is 6.90. The second-order valence-corrected chi connectivity index (χ2v) is 7.48. The molecule has 4 aliphatic heterocycles. The molecule has 4 saturated heterocycles. The van der Waals surface area contributed by atoms with Crippen molar-refractivity contribution in [3.63, 3.8) is 0 Å². The average Bonchev–Trinajstić information content (AvgIpc) is 2.82. The monoisotopic (exact) mass is 362 g/mol. The summed E-state index contributed by atoms with van der Waals surface area (Å²) in [7, 11) is 0. The van der Waals surface area contributed by atoms with Crippen molar-refractivity contribution < 1.29 is 18.8 Å². The maximum atomic E-state index is 13.0. The Morgan fingerprint density at radius 2 is 1.92 bits per heavy atom. The van der Waals surface area contributed by atoms with Gasteiger partial charge in [0.15, 0.2) is 0 Å². The Morgan fingerprint density at radius 3 is 2.62 bits per heavy atom. The van der Waals surface area contributed by atoms with Gasteiger partial charge in [0.05, 0.1) is 31.4 Å². The fourth-order valence-corrected chi connectivity index (χ4v) is 4.26. The van der Waals surface area contributed by atoms with E-state index in [2.05, 4.69) is 5.16 Å². The number of fused-ring (bicyclic) bond motifs is 4. The van der Waals surface area contributed by atoms with E-state index in [0.717, 1.165) is 29.9 Å². The maximum Gasteiger partial charge on any atom is 0.320 e. The molecule has 8 heteroatoms. The molecule has 5 heterocycles. The van der Waals surface area contributed by atoms with Crippen LogP contribution in [-0.2, 0) is 16.1 Å². The number of amides is 3. The molecule has 8 nitrogen and oxygen atoms in total. The first-order chi connectivity index (χ1) is 12.5. The van der Waals surface area contributed by atoms with Crippen LogP contribution in [0.15, 0.2) is 4.52 Å². The van der Waals surface area contributed by atoms with Crippen molar-refractivity contribution in [2.24, 2.45) is 5.92 Å². The third kappa shape index (κ3) is 3.06. The van der Waals surface area contributed by atoms with Crippen molar-refractivity contribution in [1.82, 2.24) is 19.9 Å². The van der Waals surface area contributed by atoms with E-state index in [1.165, 1.54) is 0 Å². The minimum absolute atomic E-state index is 0.0391. The molecular formula is C18H26N4O4. The largest absolute Gasteiger partial charge is 0.378 e. The lowest BCUT2D eigenvalue weighted by atomic mass is 9.93. The summed E-state index contributed by atoms with van der Waals surface area (Å²) in [6.45, 7) is 7.84. The molecule has 0 spiro atoms. The van der Waals surface area contributed by atoms with Crippen LogP contribution in [0.1, 0.15) is 29.9 Å². The van der Waals surface area contributed by atoms with Gasteiger partial charge in [-0.05, 0) is 26.7 Å². The molecule has 1 aromatic rings. The lowest BCUT2D eigenvalue weighted by Crippen LogP contribution is -2.50. The van der Waals surface area contributed by atoms with Crippen LogP contribution < -0.4 is 0 Å². The van der Waals surface area contributed by atoms with E-state index >= 15 is 0 Å². The van der Waals surface area contributed by atoms with Crippen molar-refractivity contribution in [1.29, 1.82) is 0 Å². The highest BCUT2D eigenvalue weighted by atomic mass is 16.5. The van der Waals surface area contributed by atoms with Crippen LogP contribution in [0.25, 0.3) is 0 Å². The van der Waals surface area contributed by atoms with E-state index in [4.69, 9.17) is 9.26 Å². The van der Waals surface area contributed by atoms with Crippen LogP contribution in [-0.4, -0.2) is 77.2 Å². The standard InChI is InChI=1S/C18H26N4O4/c1-12-16(13(2)26-19-12)11-22-15-4-3-14(17(22)23)9-21(10-15)18(24)20-5-7-25-8-6-20/h14-15H,3-11H2,1-2H3/t14-,15+/m1/s1. The number of hydrogen-bond donors (Lipinski definition) is 0. The van der Waals surface area contributed by atoms with Crippen molar-refractivity contribution in [2.45, 2.75) is 39.3 Å². The summed E-state index contributed by atoms with van der Waals surface area (Å²) in [5.41, 5.74) is 1.81. The fraction of sp³-hybridized carbons (Fsp3) is 0.722. The molecule has 0 saturated carbocycles. The average molecular weight is 362 g/mol. The number of carbonyl (C=O) groups is 2. The van der Waals surface area contributed by atoms with Crippen LogP contribution in [0.2, 0.25) is 0 Å². The van der Waals surface area contributed by atoms with Gasteiger partial charge in [-0.15, -0.1) is 0 Å². The van der Waals surface area contributed by atoms with Crippen LogP contribution in [0, 0.1) is 19.8 Å². The van der Waals surface area contributed by atoms with Gasteiger partial charge >= 0.3 is 6.03 Å². The lowest BCUT2D eigenvalue weighted by Gasteiger charge is -2.36. The molecule has 1 aromatic heterocycles. The van der Waals surface area contributed by atoms with Gasteiger partial charge in [0, 0.05) is 37.8 Å². The summed E-state index contributed by atoms with van der Waals surface area (Å²) in [6, 6.07) is 0.0946. The van der Waals surface area contributed by atoms with E-state index in [9.17, 15) is 9.59 Å². The number of aryl methyl sites for hydroxylation is 2. The SMILES string of the molecule is Cc1noc(C)c1CN1C(=O)[C@@H]2CC[C@H]1CN(C(=O)N1CCOCC1)C2. The first-order valence-corrected chi connectivity index (χ1v) is 9.38. The Hall–Kier alpha value is -2.09. The molecule has 4 aliphatic rings. The summed E-state index contributed by atoms with van der Waals surface area (Å²) in [5, 5.41) is 4.00. The number of ether oxygens (including phenoxy) is 1. The van der Waals surface area contributed by atoms with Crippen molar-refractivity contribution in [3.05, 3.63) is 17.0 Å². The zero-order valence-electron chi connectivity index (χ0n) is 15.4. The topological polar surface area (TPSA) is 79.1 Å².